The summed E-state index contributed by atoms with van der Waals surface area (Å²) in [5, 5.41) is 43.1. The van der Waals surface area contributed by atoms with Crippen molar-refractivity contribution in [3.05, 3.63) is 63.8 Å². The molecule has 7 heteroatoms. The average Bonchev–Trinajstić information content (AvgIpc) is 2.74. The highest BCUT2D eigenvalue weighted by molar-refractivity contribution is 6.09. The lowest BCUT2D eigenvalue weighted by Crippen LogP contribution is -2.45. The van der Waals surface area contributed by atoms with E-state index >= 15 is 0 Å². The summed E-state index contributed by atoms with van der Waals surface area (Å²) >= 11 is 0. The number of hydrogen-bond donors (Lipinski definition) is 4. The fourth-order valence-corrected chi connectivity index (χ4v) is 3.85. The summed E-state index contributed by atoms with van der Waals surface area (Å²) in [5.41, 5.74) is 0.325. The van der Waals surface area contributed by atoms with Crippen LogP contribution < -0.4 is 9.47 Å². The molecule has 33 heavy (non-hydrogen) atoms. The predicted octanol–water partition coefficient (Wildman–Crippen LogP) is 4.29. The van der Waals surface area contributed by atoms with Crippen LogP contribution in [0.2, 0.25) is 0 Å². The summed E-state index contributed by atoms with van der Waals surface area (Å²) in [6.45, 7) is 7.14. The van der Waals surface area contributed by atoms with Gasteiger partial charge in [-0.05, 0) is 52.7 Å². The number of phenolic OH excluding ortho intramolecular Hbond substituents is 3. The molecule has 0 saturated heterocycles. The highest BCUT2D eigenvalue weighted by Crippen LogP contribution is 2.47. The molecule has 0 fully saturated rings. The van der Waals surface area contributed by atoms with Crippen molar-refractivity contribution in [3.8, 4) is 28.7 Å². The van der Waals surface area contributed by atoms with E-state index in [9.17, 15) is 25.2 Å². The lowest BCUT2D eigenvalue weighted by Gasteiger charge is -2.34. The number of benzene rings is 2. The van der Waals surface area contributed by atoms with Crippen molar-refractivity contribution in [3.63, 3.8) is 0 Å². The summed E-state index contributed by atoms with van der Waals surface area (Å²) in [6, 6.07) is 4.08. The Kier molecular flexibility index (Phi) is 6.74. The molecule has 1 atom stereocenters. The number of phenols is 3. The fourth-order valence-electron chi connectivity index (χ4n) is 3.85. The Labute approximate surface area is 193 Å². The highest BCUT2D eigenvalue weighted by atomic mass is 16.5. The molecule has 1 aliphatic rings. The monoisotopic (exact) mass is 454 g/mol. The largest absolute Gasteiger partial charge is 0.508 e. The molecule has 0 bridgehead atoms. The summed E-state index contributed by atoms with van der Waals surface area (Å²) in [5.74, 6) is -1.29. The molecule has 0 aliphatic carbocycles. The first-order valence-electron chi connectivity index (χ1n) is 10.6. The Morgan fingerprint density at radius 1 is 1.03 bits per heavy atom. The second-order valence-electron chi connectivity index (χ2n) is 8.69. The van der Waals surface area contributed by atoms with E-state index in [0.29, 0.717) is 12.0 Å². The van der Waals surface area contributed by atoms with Gasteiger partial charge in [0.1, 0.15) is 40.9 Å². The lowest BCUT2D eigenvalue weighted by atomic mass is 9.81. The fraction of sp³-hybridized carbons (Fsp3) is 0.346. The number of rotatable bonds is 6. The smallest absolute Gasteiger partial charge is 0.210 e. The van der Waals surface area contributed by atoms with Crippen LogP contribution in [0.1, 0.15) is 54.7 Å². The third-order valence-electron chi connectivity index (χ3n) is 5.70. The Hall–Kier alpha value is -3.45. The Balaban J connectivity index is 2.16. The van der Waals surface area contributed by atoms with Crippen molar-refractivity contribution in [1.82, 2.24) is 0 Å². The maximum absolute atomic E-state index is 13.6. The van der Waals surface area contributed by atoms with Crippen molar-refractivity contribution < 1.29 is 34.7 Å². The Morgan fingerprint density at radius 2 is 1.64 bits per heavy atom. The topological polar surface area (TPSA) is 116 Å². The van der Waals surface area contributed by atoms with Crippen molar-refractivity contribution in [2.45, 2.75) is 46.1 Å². The van der Waals surface area contributed by atoms with E-state index in [1.165, 1.54) is 25.3 Å². The number of fused-ring (bicyclic) bond motifs is 1. The number of aromatic hydroxyl groups is 3. The molecule has 2 aromatic carbocycles. The van der Waals surface area contributed by atoms with E-state index in [2.05, 4.69) is 0 Å². The average molecular weight is 455 g/mol. The SMILES string of the molecule is COc1c([C@@]2(O)COc3cc(O)c(CC=C(C)C)c(O)c3C2=O)ccc(O)c1CC=C(C)C. The van der Waals surface area contributed by atoms with Gasteiger partial charge >= 0.3 is 0 Å². The molecule has 4 N–H and O–H groups in total. The third kappa shape index (κ3) is 4.41. The van der Waals surface area contributed by atoms with Crippen LogP contribution in [-0.4, -0.2) is 39.9 Å². The van der Waals surface area contributed by atoms with E-state index < -0.39 is 23.7 Å². The minimum absolute atomic E-state index is 0.0110. The Morgan fingerprint density at radius 3 is 2.21 bits per heavy atom. The van der Waals surface area contributed by atoms with E-state index in [0.717, 1.165) is 11.1 Å². The number of ether oxygens (including phenoxy) is 2. The van der Waals surface area contributed by atoms with Crippen LogP contribution in [-0.2, 0) is 18.4 Å². The molecule has 3 rings (SSSR count). The molecule has 0 radical (unpaired) electrons. The number of carbonyl (C=O) groups excluding carboxylic acids is 1. The zero-order valence-corrected chi connectivity index (χ0v) is 19.5. The molecule has 1 aliphatic heterocycles. The molecule has 0 spiro atoms. The van der Waals surface area contributed by atoms with Gasteiger partial charge in [-0.3, -0.25) is 4.79 Å². The normalized spacial score (nSPS) is 17.1. The van der Waals surface area contributed by atoms with Gasteiger partial charge in [-0.25, -0.2) is 0 Å². The van der Waals surface area contributed by atoms with Gasteiger partial charge in [0.15, 0.2) is 5.60 Å². The second kappa shape index (κ2) is 9.19. The number of methoxy groups -OCH3 is 1. The summed E-state index contributed by atoms with van der Waals surface area (Å²) in [4.78, 5) is 13.6. The number of ketones is 1. The maximum atomic E-state index is 13.6. The third-order valence-corrected chi connectivity index (χ3v) is 5.70. The second-order valence-corrected chi connectivity index (χ2v) is 8.69. The minimum Gasteiger partial charge on any atom is -0.508 e. The van der Waals surface area contributed by atoms with Gasteiger partial charge in [0.2, 0.25) is 5.78 Å². The zero-order valence-electron chi connectivity index (χ0n) is 19.5. The molecule has 176 valence electrons. The lowest BCUT2D eigenvalue weighted by molar-refractivity contribution is -0.00683. The molecule has 0 aromatic heterocycles. The quantitative estimate of drug-likeness (QED) is 0.481. The van der Waals surface area contributed by atoms with Crippen LogP contribution in [0.25, 0.3) is 0 Å². The van der Waals surface area contributed by atoms with Gasteiger partial charge in [0.05, 0.1) is 7.11 Å². The highest BCUT2D eigenvalue weighted by Gasteiger charge is 2.48. The molecule has 0 amide bonds. The van der Waals surface area contributed by atoms with E-state index in [1.54, 1.807) is 6.08 Å². The first kappa shape index (κ1) is 24.2. The van der Waals surface area contributed by atoms with Gasteiger partial charge in [0.25, 0.3) is 0 Å². The van der Waals surface area contributed by atoms with Crippen LogP contribution in [0.15, 0.2) is 41.5 Å². The molecule has 2 aromatic rings. The van der Waals surface area contributed by atoms with Crippen molar-refractivity contribution in [2.75, 3.05) is 13.7 Å². The first-order valence-corrected chi connectivity index (χ1v) is 10.6. The predicted molar refractivity (Wildman–Crippen MR) is 124 cm³/mol. The maximum Gasteiger partial charge on any atom is 0.210 e. The summed E-state index contributed by atoms with van der Waals surface area (Å²) in [7, 11) is 1.39. The van der Waals surface area contributed by atoms with Crippen LogP contribution >= 0.6 is 0 Å². The van der Waals surface area contributed by atoms with Crippen LogP contribution in [0, 0.1) is 0 Å². The minimum atomic E-state index is -2.17. The van der Waals surface area contributed by atoms with Crippen LogP contribution in [0.5, 0.6) is 28.7 Å². The van der Waals surface area contributed by atoms with Gasteiger partial charge < -0.3 is 29.9 Å². The number of Topliss-reactive ketones (excluding diaryl/α,β-unsaturated/α-hetero) is 1. The number of aliphatic hydroxyl groups is 1. The molecule has 0 saturated carbocycles. The van der Waals surface area contributed by atoms with Crippen LogP contribution in [0.4, 0.5) is 0 Å². The van der Waals surface area contributed by atoms with Crippen molar-refractivity contribution in [2.24, 2.45) is 0 Å². The number of carbonyl (C=O) groups is 1. The zero-order chi connectivity index (χ0) is 24.5. The van der Waals surface area contributed by atoms with Gasteiger partial charge in [-0.2, -0.15) is 0 Å². The summed E-state index contributed by atoms with van der Waals surface area (Å²) < 4.78 is 11.2. The van der Waals surface area contributed by atoms with E-state index in [1.807, 2.05) is 33.8 Å². The molecule has 1 heterocycles. The van der Waals surface area contributed by atoms with Crippen molar-refractivity contribution in [1.29, 1.82) is 0 Å². The molecule has 7 nitrogen and oxygen atoms in total. The molecular formula is C26H30O7. The number of hydrogen-bond acceptors (Lipinski definition) is 7. The summed E-state index contributed by atoms with van der Waals surface area (Å²) in [6.07, 6.45) is 4.23. The van der Waals surface area contributed by atoms with E-state index in [-0.39, 0.29) is 46.1 Å². The van der Waals surface area contributed by atoms with E-state index in [4.69, 9.17) is 9.47 Å². The molecule has 0 unspecified atom stereocenters. The standard InChI is InChI=1S/C26H30O7/c1-14(2)6-8-16-20(28)12-21-22(23(16)29)25(30)26(31,13-33-21)18-10-11-19(27)17(24(18)32-5)9-7-15(3)4/h6-7,10-12,27-29,31H,8-9,13H2,1-5H3/t26-/m0/s1. The Bertz CT molecular complexity index is 1150. The molecular weight excluding hydrogens is 424 g/mol. The van der Waals surface area contributed by atoms with Gasteiger partial charge in [0, 0.05) is 22.8 Å². The van der Waals surface area contributed by atoms with Gasteiger partial charge in [-0.1, -0.05) is 23.3 Å². The first-order chi connectivity index (χ1) is 15.5. The number of allylic oxidation sites excluding steroid dienone is 4. The van der Waals surface area contributed by atoms with Crippen molar-refractivity contribution >= 4 is 5.78 Å². The van der Waals surface area contributed by atoms with Gasteiger partial charge in [-0.15, -0.1) is 0 Å². The van der Waals surface area contributed by atoms with Crippen LogP contribution in [0.3, 0.4) is 0 Å².